The van der Waals surface area contributed by atoms with Crippen molar-refractivity contribution in [1.29, 1.82) is 0 Å². The highest BCUT2D eigenvalue weighted by molar-refractivity contribution is 6.40. The fourth-order valence-corrected chi connectivity index (χ4v) is 2.09. The standard InChI is InChI=1S/C12H6Cl3FN2O/c13-7-4-6(16)5-8(14)11(7)18-12(19)9-2-1-3-10(15)17-9/h1-5H,(H,18,19). The maximum absolute atomic E-state index is 13.0. The van der Waals surface area contributed by atoms with E-state index in [4.69, 9.17) is 34.8 Å². The van der Waals surface area contributed by atoms with Crippen molar-refractivity contribution in [3.63, 3.8) is 0 Å². The van der Waals surface area contributed by atoms with E-state index >= 15 is 0 Å². The highest BCUT2D eigenvalue weighted by Crippen LogP contribution is 2.31. The lowest BCUT2D eigenvalue weighted by atomic mass is 10.3. The molecule has 0 aliphatic heterocycles. The van der Waals surface area contributed by atoms with Gasteiger partial charge in [-0.15, -0.1) is 0 Å². The summed E-state index contributed by atoms with van der Waals surface area (Å²) in [5.41, 5.74) is 0.223. The average Bonchev–Trinajstić information content (AvgIpc) is 2.33. The second-order valence-electron chi connectivity index (χ2n) is 3.54. The molecule has 0 fully saturated rings. The van der Waals surface area contributed by atoms with Crippen LogP contribution in [0.3, 0.4) is 0 Å². The zero-order chi connectivity index (χ0) is 14.0. The fraction of sp³-hybridized carbons (Fsp3) is 0. The minimum absolute atomic E-state index is 0.000350. The molecule has 0 spiro atoms. The molecule has 0 bridgehead atoms. The number of halogens is 4. The number of anilines is 1. The summed E-state index contributed by atoms with van der Waals surface area (Å²) >= 11 is 17.3. The third-order valence-electron chi connectivity index (χ3n) is 2.19. The van der Waals surface area contributed by atoms with Gasteiger partial charge in [-0.3, -0.25) is 4.79 Å². The maximum atomic E-state index is 13.0. The number of carbonyl (C=O) groups is 1. The van der Waals surface area contributed by atoms with Gasteiger partial charge in [0.1, 0.15) is 16.7 Å². The van der Waals surface area contributed by atoms with Crippen molar-refractivity contribution in [3.8, 4) is 0 Å². The Morgan fingerprint density at radius 2 is 1.79 bits per heavy atom. The number of pyridine rings is 1. The number of nitrogens with zero attached hydrogens (tertiary/aromatic N) is 1. The molecule has 1 heterocycles. The first kappa shape index (κ1) is 14.1. The van der Waals surface area contributed by atoms with Crippen LogP contribution >= 0.6 is 34.8 Å². The molecule has 98 valence electrons. The molecular weight excluding hydrogens is 314 g/mol. The molecule has 2 aromatic rings. The molecule has 0 radical (unpaired) electrons. The first-order valence-electron chi connectivity index (χ1n) is 5.06. The lowest BCUT2D eigenvalue weighted by Crippen LogP contribution is -2.14. The van der Waals surface area contributed by atoms with Crippen LogP contribution < -0.4 is 5.32 Å². The second-order valence-corrected chi connectivity index (χ2v) is 4.75. The second kappa shape index (κ2) is 5.74. The van der Waals surface area contributed by atoms with Crippen molar-refractivity contribution in [2.24, 2.45) is 0 Å². The lowest BCUT2D eigenvalue weighted by Gasteiger charge is -2.09. The van der Waals surface area contributed by atoms with Gasteiger partial charge in [0, 0.05) is 0 Å². The third-order valence-corrected chi connectivity index (χ3v) is 3.00. The predicted octanol–water partition coefficient (Wildman–Crippen LogP) is 4.43. The molecule has 19 heavy (non-hydrogen) atoms. The zero-order valence-electron chi connectivity index (χ0n) is 9.25. The molecule has 0 saturated carbocycles. The minimum Gasteiger partial charge on any atom is -0.318 e. The number of nitrogens with one attached hydrogen (secondary N) is 1. The lowest BCUT2D eigenvalue weighted by molar-refractivity contribution is 0.102. The van der Waals surface area contributed by atoms with Gasteiger partial charge >= 0.3 is 0 Å². The Morgan fingerprint density at radius 3 is 2.37 bits per heavy atom. The SMILES string of the molecule is O=C(Nc1c(Cl)cc(F)cc1Cl)c1cccc(Cl)n1. The Bertz CT molecular complexity index is 626. The summed E-state index contributed by atoms with van der Waals surface area (Å²) in [6.07, 6.45) is 0. The largest absolute Gasteiger partial charge is 0.318 e. The van der Waals surface area contributed by atoms with Crippen LogP contribution in [0, 0.1) is 5.82 Å². The van der Waals surface area contributed by atoms with Gasteiger partial charge in [0.25, 0.3) is 5.91 Å². The highest BCUT2D eigenvalue weighted by atomic mass is 35.5. The number of carbonyl (C=O) groups excluding carboxylic acids is 1. The molecule has 0 atom stereocenters. The van der Waals surface area contributed by atoms with Crippen LogP contribution in [0.5, 0.6) is 0 Å². The predicted molar refractivity (Wildman–Crippen MR) is 73.6 cm³/mol. The molecule has 1 aromatic carbocycles. The van der Waals surface area contributed by atoms with Gasteiger partial charge < -0.3 is 5.32 Å². The van der Waals surface area contributed by atoms with Crippen LogP contribution in [0.15, 0.2) is 30.3 Å². The number of hydrogen-bond acceptors (Lipinski definition) is 2. The Kier molecular flexibility index (Phi) is 4.24. The van der Waals surface area contributed by atoms with Gasteiger partial charge in [-0.05, 0) is 24.3 Å². The molecule has 2 rings (SSSR count). The van der Waals surface area contributed by atoms with E-state index < -0.39 is 11.7 Å². The van der Waals surface area contributed by atoms with Gasteiger partial charge in [-0.2, -0.15) is 0 Å². The first-order valence-corrected chi connectivity index (χ1v) is 6.19. The molecule has 1 N–H and O–H groups in total. The van der Waals surface area contributed by atoms with Gasteiger partial charge in [0.05, 0.1) is 15.7 Å². The molecule has 0 saturated heterocycles. The van der Waals surface area contributed by atoms with Gasteiger partial charge in [-0.25, -0.2) is 9.37 Å². The molecule has 0 aliphatic rings. The summed E-state index contributed by atoms with van der Waals surface area (Å²) in [7, 11) is 0. The summed E-state index contributed by atoms with van der Waals surface area (Å²) in [6.45, 7) is 0. The molecular formula is C12H6Cl3FN2O. The van der Waals surface area contributed by atoms with Crippen molar-refractivity contribution in [3.05, 3.63) is 57.0 Å². The smallest absolute Gasteiger partial charge is 0.274 e. The molecule has 0 aliphatic carbocycles. The van der Waals surface area contributed by atoms with Gasteiger partial charge in [-0.1, -0.05) is 40.9 Å². The minimum atomic E-state index is -0.589. The average molecular weight is 320 g/mol. The van der Waals surface area contributed by atoms with Crippen molar-refractivity contribution in [1.82, 2.24) is 4.98 Å². The molecule has 1 aromatic heterocycles. The van der Waals surface area contributed by atoms with E-state index in [1.807, 2.05) is 0 Å². The van der Waals surface area contributed by atoms with Crippen LogP contribution in [0.2, 0.25) is 15.2 Å². The number of hydrogen-bond donors (Lipinski definition) is 1. The zero-order valence-corrected chi connectivity index (χ0v) is 11.5. The van der Waals surface area contributed by atoms with E-state index in [1.54, 1.807) is 6.07 Å². The Hall–Kier alpha value is -1.36. The van der Waals surface area contributed by atoms with Crippen LogP contribution in [-0.4, -0.2) is 10.9 Å². The van der Waals surface area contributed by atoms with E-state index in [0.29, 0.717) is 0 Å². The summed E-state index contributed by atoms with van der Waals surface area (Å²) < 4.78 is 13.0. The van der Waals surface area contributed by atoms with Crippen LogP contribution in [0.1, 0.15) is 10.5 Å². The Labute approximate surface area is 123 Å². The quantitative estimate of drug-likeness (QED) is 0.832. The number of aromatic nitrogens is 1. The van der Waals surface area contributed by atoms with Gasteiger partial charge in [0.2, 0.25) is 0 Å². The number of rotatable bonds is 2. The van der Waals surface area contributed by atoms with Crippen LogP contribution in [0.25, 0.3) is 0 Å². The fourth-order valence-electron chi connectivity index (χ4n) is 1.37. The molecule has 3 nitrogen and oxygen atoms in total. The summed E-state index contributed by atoms with van der Waals surface area (Å²) in [6, 6.07) is 6.70. The monoisotopic (exact) mass is 318 g/mol. The maximum Gasteiger partial charge on any atom is 0.274 e. The van der Waals surface area contributed by atoms with Gasteiger partial charge in [0.15, 0.2) is 0 Å². The van der Waals surface area contributed by atoms with Crippen LogP contribution in [-0.2, 0) is 0 Å². The molecule has 0 unspecified atom stereocenters. The first-order chi connectivity index (χ1) is 8.97. The van der Waals surface area contributed by atoms with E-state index in [-0.39, 0.29) is 26.6 Å². The number of amides is 1. The van der Waals surface area contributed by atoms with Crippen molar-refractivity contribution in [2.75, 3.05) is 5.32 Å². The molecule has 7 heteroatoms. The summed E-state index contributed by atoms with van der Waals surface area (Å²) in [5, 5.41) is 2.64. The third kappa shape index (κ3) is 3.35. The topological polar surface area (TPSA) is 42.0 Å². The summed E-state index contributed by atoms with van der Waals surface area (Å²) in [5.74, 6) is -1.13. The van der Waals surface area contributed by atoms with Crippen molar-refractivity contribution in [2.45, 2.75) is 0 Å². The van der Waals surface area contributed by atoms with E-state index in [1.165, 1.54) is 12.1 Å². The molecule has 1 amide bonds. The number of benzene rings is 1. The van der Waals surface area contributed by atoms with Crippen molar-refractivity contribution < 1.29 is 9.18 Å². The normalized spacial score (nSPS) is 10.3. The highest BCUT2D eigenvalue weighted by Gasteiger charge is 2.14. The van der Waals surface area contributed by atoms with Crippen molar-refractivity contribution >= 4 is 46.4 Å². The summed E-state index contributed by atoms with van der Waals surface area (Å²) in [4.78, 5) is 15.8. The van der Waals surface area contributed by atoms with Crippen LogP contribution in [0.4, 0.5) is 10.1 Å². The Morgan fingerprint density at radius 1 is 1.16 bits per heavy atom. The van der Waals surface area contributed by atoms with E-state index in [0.717, 1.165) is 12.1 Å². The Balaban J connectivity index is 2.29. The van der Waals surface area contributed by atoms with E-state index in [2.05, 4.69) is 10.3 Å². The van der Waals surface area contributed by atoms with E-state index in [9.17, 15) is 9.18 Å².